The quantitative estimate of drug-likeness (QED) is 0.412. The van der Waals surface area contributed by atoms with Crippen molar-refractivity contribution in [1.29, 1.82) is 0 Å². The lowest BCUT2D eigenvalue weighted by atomic mass is 10.1. The van der Waals surface area contributed by atoms with Crippen molar-refractivity contribution in [3.8, 4) is 11.3 Å². The van der Waals surface area contributed by atoms with E-state index in [1.165, 1.54) is 18.4 Å². The summed E-state index contributed by atoms with van der Waals surface area (Å²) in [6.07, 6.45) is 8.16. The van der Waals surface area contributed by atoms with Crippen molar-refractivity contribution >= 4 is 17.4 Å². The molecule has 2 fully saturated rings. The number of nitrogens with one attached hydrogen (secondary N) is 1. The second-order valence-corrected chi connectivity index (χ2v) is 9.95. The van der Waals surface area contributed by atoms with Gasteiger partial charge in [0, 0.05) is 67.5 Å². The van der Waals surface area contributed by atoms with E-state index < -0.39 is 0 Å². The standard InChI is InChI=1S/C28H33N7/c1-4-19(2)34-17-24-15-23(34)18-35(24)28-32-25(16-27-30-12-13-33(27)28)22-10-11-29-26(14-22)31-20(3)21-8-6-5-7-9-21/h5-14,16,19-20,23-24H,4,15,17-18H2,1-3H3,(H,29,31)/t19-,20-,23?,24?/m0/s1. The minimum Gasteiger partial charge on any atom is -0.364 e. The molecule has 35 heavy (non-hydrogen) atoms. The van der Waals surface area contributed by atoms with Crippen LogP contribution in [-0.4, -0.2) is 55.5 Å². The second kappa shape index (κ2) is 8.96. The van der Waals surface area contributed by atoms with E-state index in [9.17, 15) is 0 Å². The number of likely N-dealkylation sites (tertiary alicyclic amines) is 1. The summed E-state index contributed by atoms with van der Waals surface area (Å²) < 4.78 is 2.13. The van der Waals surface area contributed by atoms with E-state index in [2.05, 4.69) is 86.7 Å². The SMILES string of the molecule is CC[C@H](C)N1CC2CC1CN2c1nc(-c2ccnc(N[C@@H](C)c3ccccc3)c2)cc2nccn12. The van der Waals surface area contributed by atoms with Crippen LogP contribution in [0.15, 0.2) is 67.1 Å². The molecule has 0 radical (unpaired) electrons. The highest BCUT2D eigenvalue weighted by Gasteiger charge is 2.45. The lowest BCUT2D eigenvalue weighted by Crippen LogP contribution is -2.50. The van der Waals surface area contributed by atoms with Gasteiger partial charge in [-0.05, 0) is 44.4 Å². The Kier molecular flexibility index (Phi) is 5.65. The number of aromatic nitrogens is 4. The number of nitrogens with zero attached hydrogens (tertiary/aromatic N) is 6. The molecule has 0 aliphatic carbocycles. The highest BCUT2D eigenvalue weighted by atomic mass is 15.4. The number of imidazole rings is 1. The zero-order chi connectivity index (χ0) is 23.9. The molecule has 2 aliphatic heterocycles. The Morgan fingerprint density at radius 3 is 2.63 bits per heavy atom. The van der Waals surface area contributed by atoms with Gasteiger partial charge in [-0.25, -0.2) is 15.0 Å². The number of hydrogen-bond donors (Lipinski definition) is 1. The summed E-state index contributed by atoms with van der Waals surface area (Å²) >= 11 is 0. The lowest BCUT2D eigenvalue weighted by molar-refractivity contribution is 0.175. The first kappa shape index (κ1) is 22.0. The Balaban J connectivity index is 1.30. The zero-order valence-electron chi connectivity index (χ0n) is 20.7. The Morgan fingerprint density at radius 2 is 1.86 bits per heavy atom. The molecular formula is C28H33N7. The predicted molar refractivity (Wildman–Crippen MR) is 141 cm³/mol. The van der Waals surface area contributed by atoms with Gasteiger partial charge in [0.2, 0.25) is 5.95 Å². The Morgan fingerprint density at radius 1 is 1.00 bits per heavy atom. The molecule has 7 heteroatoms. The highest BCUT2D eigenvalue weighted by Crippen LogP contribution is 2.36. The van der Waals surface area contributed by atoms with Gasteiger partial charge in [0.05, 0.1) is 5.69 Å². The summed E-state index contributed by atoms with van der Waals surface area (Å²) in [7, 11) is 0. The fraction of sp³-hybridized carbons (Fsp3) is 0.393. The summed E-state index contributed by atoms with van der Waals surface area (Å²) in [6, 6.07) is 18.5. The molecule has 2 saturated heterocycles. The molecule has 2 aliphatic rings. The number of hydrogen-bond acceptors (Lipinski definition) is 6. The van der Waals surface area contributed by atoms with Crippen LogP contribution in [0, 0.1) is 0 Å². The topological polar surface area (TPSA) is 61.6 Å². The zero-order valence-corrected chi connectivity index (χ0v) is 20.7. The highest BCUT2D eigenvalue weighted by molar-refractivity contribution is 5.68. The Bertz CT molecular complexity index is 1320. The third kappa shape index (κ3) is 4.04. The molecule has 2 bridgehead atoms. The summed E-state index contributed by atoms with van der Waals surface area (Å²) in [6.45, 7) is 8.93. The van der Waals surface area contributed by atoms with Crippen LogP contribution in [0.2, 0.25) is 0 Å². The molecular weight excluding hydrogens is 434 g/mol. The van der Waals surface area contributed by atoms with E-state index in [0.717, 1.165) is 41.8 Å². The predicted octanol–water partition coefficient (Wildman–Crippen LogP) is 5.03. The normalized spacial score (nSPS) is 21.5. The van der Waals surface area contributed by atoms with Crippen LogP contribution in [0.1, 0.15) is 45.2 Å². The van der Waals surface area contributed by atoms with Gasteiger partial charge in [-0.15, -0.1) is 0 Å². The number of pyridine rings is 1. The average molecular weight is 468 g/mol. The third-order valence-electron chi connectivity index (χ3n) is 7.79. The van der Waals surface area contributed by atoms with E-state index in [-0.39, 0.29) is 6.04 Å². The minimum atomic E-state index is 0.158. The first-order valence-electron chi connectivity index (χ1n) is 12.7. The van der Waals surface area contributed by atoms with E-state index in [4.69, 9.17) is 4.98 Å². The largest absolute Gasteiger partial charge is 0.364 e. The smallest absolute Gasteiger partial charge is 0.212 e. The molecule has 180 valence electrons. The van der Waals surface area contributed by atoms with Gasteiger partial charge in [-0.3, -0.25) is 9.30 Å². The fourth-order valence-corrected chi connectivity index (χ4v) is 5.69. The Labute approximate surface area is 206 Å². The maximum atomic E-state index is 5.19. The van der Waals surface area contributed by atoms with Crippen LogP contribution < -0.4 is 10.2 Å². The van der Waals surface area contributed by atoms with E-state index in [1.54, 1.807) is 0 Å². The summed E-state index contributed by atoms with van der Waals surface area (Å²) in [5, 5.41) is 3.54. The first-order valence-corrected chi connectivity index (χ1v) is 12.7. The maximum absolute atomic E-state index is 5.19. The van der Waals surface area contributed by atoms with Crippen LogP contribution >= 0.6 is 0 Å². The van der Waals surface area contributed by atoms with Gasteiger partial charge in [-0.1, -0.05) is 37.3 Å². The van der Waals surface area contributed by atoms with Crippen LogP contribution in [0.3, 0.4) is 0 Å². The average Bonchev–Trinajstić information content (AvgIpc) is 3.64. The van der Waals surface area contributed by atoms with Crippen molar-refractivity contribution in [3.05, 3.63) is 72.7 Å². The van der Waals surface area contributed by atoms with E-state index >= 15 is 0 Å². The summed E-state index contributed by atoms with van der Waals surface area (Å²) in [5.74, 6) is 1.84. The number of anilines is 2. The van der Waals surface area contributed by atoms with Crippen LogP contribution in [-0.2, 0) is 0 Å². The maximum Gasteiger partial charge on any atom is 0.212 e. The molecule has 1 N–H and O–H groups in total. The molecule has 7 nitrogen and oxygen atoms in total. The molecule has 5 heterocycles. The number of fused-ring (bicyclic) bond motifs is 3. The molecule has 2 unspecified atom stereocenters. The molecule has 4 aromatic rings. The van der Waals surface area contributed by atoms with Crippen molar-refractivity contribution in [3.63, 3.8) is 0 Å². The first-order chi connectivity index (χ1) is 17.1. The van der Waals surface area contributed by atoms with Gasteiger partial charge in [-0.2, -0.15) is 0 Å². The van der Waals surface area contributed by atoms with Crippen molar-refractivity contribution < 1.29 is 0 Å². The second-order valence-electron chi connectivity index (χ2n) is 9.95. The van der Waals surface area contributed by atoms with Crippen LogP contribution in [0.4, 0.5) is 11.8 Å². The van der Waals surface area contributed by atoms with Crippen LogP contribution in [0.5, 0.6) is 0 Å². The van der Waals surface area contributed by atoms with Gasteiger partial charge < -0.3 is 10.2 Å². The summed E-state index contributed by atoms with van der Waals surface area (Å²) in [5.41, 5.74) is 4.13. The molecule has 1 aromatic carbocycles. The molecule has 0 amide bonds. The fourth-order valence-electron chi connectivity index (χ4n) is 5.69. The van der Waals surface area contributed by atoms with E-state index in [0.29, 0.717) is 18.1 Å². The van der Waals surface area contributed by atoms with Gasteiger partial charge in [0.15, 0.2) is 0 Å². The number of rotatable bonds is 7. The van der Waals surface area contributed by atoms with E-state index in [1.807, 2.05) is 30.7 Å². The van der Waals surface area contributed by atoms with Gasteiger partial charge in [0.25, 0.3) is 0 Å². The third-order valence-corrected chi connectivity index (χ3v) is 7.79. The van der Waals surface area contributed by atoms with Crippen molar-refractivity contribution in [2.45, 2.75) is 57.8 Å². The van der Waals surface area contributed by atoms with Crippen LogP contribution in [0.25, 0.3) is 16.9 Å². The Hall–Kier alpha value is -3.45. The summed E-state index contributed by atoms with van der Waals surface area (Å²) in [4.78, 5) is 19.6. The number of benzene rings is 1. The minimum absolute atomic E-state index is 0.158. The molecule has 6 rings (SSSR count). The van der Waals surface area contributed by atoms with Crippen molar-refractivity contribution in [1.82, 2.24) is 24.3 Å². The van der Waals surface area contributed by atoms with Crippen molar-refractivity contribution in [2.75, 3.05) is 23.3 Å². The molecule has 0 spiro atoms. The van der Waals surface area contributed by atoms with Gasteiger partial charge in [0.1, 0.15) is 11.5 Å². The monoisotopic (exact) mass is 467 g/mol. The van der Waals surface area contributed by atoms with Crippen molar-refractivity contribution in [2.24, 2.45) is 0 Å². The molecule has 4 atom stereocenters. The lowest BCUT2D eigenvalue weighted by Gasteiger charge is -2.38. The number of piperazine rings is 1. The molecule has 3 aromatic heterocycles. The van der Waals surface area contributed by atoms with Gasteiger partial charge >= 0.3 is 0 Å². The molecule has 0 saturated carbocycles.